The molecule has 1 heterocycles. The average molecular weight is 307 g/mol. The lowest BCUT2D eigenvalue weighted by Gasteiger charge is -2.32. The maximum atomic E-state index is 3.57. The van der Waals surface area contributed by atoms with Crippen molar-refractivity contribution in [1.82, 2.24) is 10.6 Å². The van der Waals surface area contributed by atoms with Gasteiger partial charge in [-0.3, -0.25) is 0 Å². The topological polar surface area (TPSA) is 24.1 Å². The van der Waals surface area contributed by atoms with E-state index < -0.39 is 0 Å². The van der Waals surface area contributed by atoms with Crippen molar-refractivity contribution in [2.75, 3.05) is 13.1 Å². The summed E-state index contributed by atoms with van der Waals surface area (Å²) in [7, 11) is 2.58. The molecule has 0 aromatic rings. The summed E-state index contributed by atoms with van der Waals surface area (Å²) in [6, 6.07) is 0.441. The number of rotatable bonds is 14. The second-order valence-electron chi connectivity index (χ2n) is 7.54. The molecule has 22 heavy (non-hydrogen) atoms. The lowest BCUT2D eigenvalue weighted by molar-refractivity contribution is 0.439. The second kappa shape index (κ2) is 12.4. The third-order valence-corrected chi connectivity index (χ3v) is 5.13. The molecule has 0 aromatic heterocycles. The van der Waals surface area contributed by atoms with Crippen LogP contribution in [-0.4, -0.2) is 26.4 Å². The molecule has 1 rings (SSSR count). The summed E-state index contributed by atoms with van der Waals surface area (Å²) in [4.78, 5) is 0. The average Bonchev–Trinajstić information content (AvgIpc) is 2.99. The lowest BCUT2D eigenvalue weighted by Crippen LogP contribution is -2.42. The molecule has 0 spiro atoms. The Morgan fingerprint density at radius 3 is 1.68 bits per heavy atom. The number of hydrogen-bond acceptors (Lipinski definition) is 2. The molecule has 2 nitrogen and oxygen atoms in total. The van der Waals surface area contributed by atoms with Crippen LogP contribution in [-0.2, 0) is 0 Å². The highest BCUT2D eigenvalue weighted by atomic mass is 15.2. The van der Waals surface area contributed by atoms with E-state index in [1.165, 1.54) is 77.0 Å². The first kappa shape index (κ1) is 20.0. The van der Waals surface area contributed by atoms with Crippen molar-refractivity contribution in [2.45, 2.75) is 109 Å². The van der Waals surface area contributed by atoms with Crippen LogP contribution >= 0.6 is 0 Å². The molecule has 1 saturated heterocycles. The molecule has 0 amide bonds. The van der Waals surface area contributed by atoms with Gasteiger partial charge in [-0.15, -0.1) is 0 Å². The van der Waals surface area contributed by atoms with Gasteiger partial charge in [-0.25, -0.2) is 0 Å². The van der Waals surface area contributed by atoms with Crippen molar-refractivity contribution in [1.29, 1.82) is 0 Å². The van der Waals surface area contributed by atoms with E-state index in [1.54, 1.807) is 0 Å². The van der Waals surface area contributed by atoms with Crippen molar-refractivity contribution < 1.29 is 0 Å². The zero-order valence-corrected chi connectivity index (χ0v) is 15.6. The fourth-order valence-corrected chi connectivity index (χ4v) is 3.60. The van der Waals surface area contributed by atoms with Crippen LogP contribution in [0, 0.1) is 0 Å². The van der Waals surface area contributed by atoms with Gasteiger partial charge < -0.3 is 10.6 Å². The van der Waals surface area contributed by atoms with Gasteiger partial charge in [0.05, 0.1) is 0 Å². The maximum absolute atomic E-state index is 3.57. The Balaban J connectivity index is 2.30. The predicted octanol–water partition coefficient (Wildman–Crippen LogP) is 5.07. The van der Waals surface area contributed by atoms with E-state index in [0.717, 1.165) is 13.1 Å². The van der Waals surface area contributed by atoms with Crippen LogP contribution in [0.5, 0.6) is 0 Å². The first-order chi connectivity index (χ1) is 10.7. The van der Waals surface area contributed by atoms with Crippen molar-refractivity contribution in [3.8, 4) is 0 Å². The molecule has 0 aromatic carbocycles. The van der Waals surface area contributed by atoms with Crippen LogP contribution in [0.4, 0.5) is 0 Å². The zero-order valence-electron chi connectivity index (χ0n) is 15.6. The lowest BCUT2D eigenvalue weighted by atomic mass is 9.47. The highest BCUT2D eigenvalue weighted by Gasteiger charge is 2.29. The molecular weight excluding hydrogens is 267 g/mol. The quantitative estimate of drug-likeness (QED) is 0.346. The minimum atomic E-state index is 0.410. The summed E-state index contributed by atoms with van der Waals surface area (Å²) in [5, 5.41) is 7.54. The van der Waals surface area contributed by atoms with Gasteiger partial charge in [0.15, 0.2) is 7.28 Å². The zero-order chi connectivity index (χ0) is 16.1. The number of unbranched alkanes of at least 4 members (excludes halogenated alkanes) is 8. The molecule has 0 bridgehead atoms. The van der Waals surface area contributed by atoms with E-state index in [0.29, 0.717) is 11.4 Å². The van der Waals surface area contributed by atoms with Crippen LogP contribution in [0.15, 0.2) is 0 Å². The third kappa shape index (κ3) is 9.20. The van der Waals surface area contributed by atoms with E-state index >= 15 is 0 Å². The van der Waals surface area contributed by atoms with Gasteiger partial charge in [0.2, 0.25) is 0 Å². The van der Waals surface area contributed by atoms with E-state index in [4.69, 9.17) is 0 Å². The Kier molecular flexibility index (Phi) is 11.3. The summed E-state index contributed by atoms with van der Waals surface area (Å²) in [5.41, 5.74) is 0. The highest BCUT2D eigenvalue weighted by Crippen LogP contribution is 2.38. The number of nitrogens with one attached hydrogen (secondary N) is 2. The molecule has 0 atom stereocenters. The fourth-order valence-electron chi connectivity index (χ4n) is 3.60. The van der Waals surface area contributed by atoms with Crippen molar-refractivity contribution in [2.24, 2.45) is 0 Å². The van der Waals surface area contributed by atoms with Gasteiger partial charge in [-0.1, -0.05) is 103 Å². The number of hydrogen-bond donors (Lipinski definition) is 2. The SMILES string of the molecule is CCCCCCCC(C)([B]C1NCCN1)CCCCCCC. The first-order valence-corrected chi connectivity index (χ1v) is 10.0. The molecule has 2 N–H and O–H groups in total. The first-order valence-electron chi connectivity index (χ1n) is 10.0. The normalized spacial score (nSPS) is 16.3. The van der Waals surface area contributed by atoms with Crippen molar-refractivity contribution in [3.63, 3.8) is 0 Å². The Morgan fingerprint density at radius 1 is 0.773 bits per heavy atom. The van der Waals surface area contributed by atoms with E-state index in [1.807, 2.05) is 0 Å². The van der Waals surface area contributed by atoms with Crippen LogP contribution in [0.2, 0.25) is 5.31 Å². The van der Waals surface area contributed by atoms with Gasteiger partial charge in [-0.05, 0) is 0 Å². The summed E-state index contributed by atoms with van der Waals surface area (Å²) in [5.74, 6) is 0. The molecule has 1 radical (unpaired) electrons. The minimum absolute atomic E-state index is 0.410. The Labute approximate surface area is 140 Å². The summed E-state index contributed by atoms with van der Waals surface area (Å²) in [6.07, 6.45) is 16.7. The summed E-state index contributed by atoms with van der Waals surface area (Å²) in [6.45, 7) is 9.32. The Hall–Kier alpha value is -0.0151. The largest absolute Gasteiger partial charge is 0.308 e. The van der Waals surface area contributed by atoms with E-state index in [-0.39, 0.29) is 0 Å². The molecule has 1 aliphatic rings. The van der Waals surface area contributed by atoms with Gasteiger partial charge >= 0.3 is 0 Å². The van der Waals surface area contributed by atoms with E-state index in [2.05, 4.69) is 38.7 Å². The molecule has 1 fully saturated rings. The Bertz CT molecular complexity index is 238. The molecule has 0 saturated carbocycles. The molecule has 129 valence electrons. The van der Waals surface area contributed by atoms with Gasteiger partial charge in [-0.2, -0.15) is 0 Å². The molecule has 1 aliphatic heterocycles. The predicted molar refractivity (Wildman–Crippen MR) is 101 cm³/mol. The van der Waals surface area contributed by atoms with Gasteiger partial charge in [0, 0.05) is 19.2 Å². The monoisotopic (exact) mass is 307 g/mol. The molecule has 3 heteroatoms. The fraction of sp³-hybridized carbons (Fsp3) is 1.00. The van der Waals surface area contributed by atoms with Crippen molar-refractivity contribution in [3.05, 3.63) is 0 Å². The van der Waals surface area contributed by atoms with Crippen LogP contribution < -0.4 is 10.6 Å². The summed E-state index contributed by atoms with van der Waals surface area (Å²) < 4.78 is 0. The van der Waals surface area contributed by atoms with E-state index in [9.17, 15) is 0 Å². The minimum Gasteiger partial charge on any atom is -0.308 e. The standard InChI is InChI=1S/C19H40BN2/c1-4-6-8-10-12-14-19(3,15-13-11-9-7-5-2)20-18-21-16-17-22-18/h18,21-22H,4-17H2,1-3H3. The Morgan fingerprint density at radius 2 is 1.23 bits per heavy atom. The maximum Gasteiger partial charge on any atom is 0.160 e. The second-order valence-corrected chi connectivity index (χ2v) is 7.54. The highest BCUT2D eigenvalue weighted by molar-refractivity contribution is 6.41. The third-order valence-electron chi connectivity index (χ3n) is 5.13. The molecule has 0 aliphatic carbocycles. The molecule has 0 unspecified atom stereocenters. The molecular formula is C19H40BN2. The smallest absolute Gasteiger partial charge is 0.160 e. The van der Waals surface area contributed by atoms with Crippen LogP contribution in [0.3, 0.4) is 0 Å². The van der Waals surface area contributed by atoms with Crippen molar-refractivity contribution >= 4 is 7.28 Å². The summed E-state index contributed by atoms with van der Waals surface area (Å²) >= 11 is 0. The van der Waals surface area contributed by atoms with Gasteiger partial charge in [0.1, 0.15) is 0 Å². The van der Waals surface area contributed by atoms with Crippen LogP contribution in [0.25, 0.3) is 0 Å². The van der Waals surface area contributed by atoms with Crippen LogP contribution in [0.1, 0.15) is 97.8 Å². The van der Waals surface area contributed by atoms with Gasteiger partial charge in [0.25, 0.3) is 0 Å².